The maximum absolute atomic E-state index is 4.75. The number of aromatic nitrogens is 2. The second-order valence-corrected chi connectivity index (χ2v) is 5.84. The summed E-state index contributed by atoms with van der Waals surface area (Å²) < 4.78 is 1.22. The van der Waals surface area contributed by atoms with Crippen molar-refractivity contribution in [1.29, 1.82) is 0 Å². The van der Waals surface area contributed by atoms with E-state index in [1.807, 2.05) is 18.5 Å². The molecule has 0 fully saturated rings. The molecule has 3 aromatic rings. The molecule has 0 saturated carbocycles. The predicted octanol–water partition coefficient (Wildman–Crippen LogP) is 2.93. The number of hydrogen-bond acceptors (Lipinski definition) is 4. The molecule has 2 aromatic heterocycles. The maximum Gasteiger partial charge on any atom is 0.103 e. The minimum atomic E-state index is 0.363. The number of benzene rings is 1. The second-order valence-electron chi connectivity index (χ2n) is 4.78. The summed E-state index contributed by atoms with van der Waals surface area (Å²) >= 11 is 1.78. The Labute approximate surface area is 115 Å². The van der Waals surface area contributed by atoms with E-state index in [9.17, 15) is 0 Å². The van der Waals surface area contributed by atoms with E-state index in [0.29, 0.717) is 5.92 Å². The van der Waals surface area contributed by atoms with Crippen LogP contribution in [-0.4, -0.2) is 16.5 Å². The van der Waals surface area contributed by atoms with E-state index in [2.05, 4.69) is 34.6 Å². The van der Waals surface area contributed by atoms with Crippen LogP contribution in [-0.2, 0) is 6.54 Å². The number of rotatable bonds is 1. The predicted molar refractivity (Wildman–Crippen MR) is 77.4 cm³/mol. The average molecular weight is 267 g/mol. The first-order chi connectivity index (χ1) is 9.42. The van der Waals surface area contributed by atoms with Gasteiger partial charge in [0.05, 0.1) is 16.4 Å². The lowest BCUT2D eigenvalue weighted by molar-refractivity contribution is 0.590. The first-order valence-electron chi connectivity index (χ1n) is 6.41. The first-order valence-corrected chi connectivity index (χ1v) is 7.22. The van der Waals surface area contributed by atoms with Gasteiger partial charge in [0.25, 0.3) is 0 Å². The Hall–Kier alpha value is -1.78. The fourth-order valence-corrected chi connectivity index (χ4v) is 3.72. The van der Waals surface area contributed by atoms with Gasteiger partial charge in [-0.25, -0.2) is 4.98 Å². The summed E-state index contributed by atoms with van der Waals surface area (Å²) in [6, 6.07) is 10.7. The summed E-state index contributed by atoms with van der Waals surface area (Å²) in [5.74, 6) is 0.363. The molecule has 0 amide bonds. The maximum atomic E-state index is 4.75. The fraction of sp³-hybridized carbons (Fsp3) is 0.200. The van der Waals surface area contributed by atoms with Gasteiger partial charge < -0.3 is 5.32 Å². The van der Waals surface area contributed by atoms with E-state index in [0.717, 1.165) is 18.6 Å². The van der Waals surface area contributed by atoms with Crippen LogP contribution in [0, 0.1) is 0 Å². The summed E-state index contributed by atoms with van der Waals surface area (Å²) in [6.45, 7) is 1.92. The molecule has 1 unspecified atom stereocenters. The van der Waals surface area contributed by atoms with Crippen LogP contribution in [0.4, 0.5) is 0 Å². The van der Waals surface area contributed by atoms with Crippen LogP contribution in [0.5, 0.6) is 0 Å². The van der Waals surface area contributed by atoms with Crippen molar-refractivity contribution >= 4 is 21.6 Å². The molecule has 1 atom stereocenters. The number of thiazole rings is 1. The third-order valence-corrected chi connectivity index (χ3v) is 4.75. The molecule has 1 aliphatic heterocycles. The molecule has 3 heterocycles. The lowest BCUT2D eigenvalue weighted by Gasteiger charge is -2.24. The van der Waals surface area contributed by atoms with Crippen molar-refractivity contribution in [2.24, 2.45) is 0 Å². The number of nitrogens with one attached hydrogen (secondary N) is 1. The lowest BCUT2D eigenvalue weighted by atomic mass is 9.91. The van der Waals surface area contributed by atoms with Crippen molar-refractivity contribution in [3.8, 4) is 0 Å². The topological polar surface area (TPSA) is 37.8 Å². The summed E-state index contributed by atoms with van der Waals surface area (Å²) in [4.78, 5) is 8.90. The van der Waals surface area contributed by atoms with Gasteiger partial charge in [-0.15, -0.1) is 11.3 Å². The van der Waals surface area contributed by atoms with E-state index >= 15 is 0 Å². The van der Waals surface area contributed by atoms with Crippen molar-refractivity contribution in [3.05, 3.63) is 58.9 Å². The Bertz CT molecular complexity index is 702. The molecule has 19 heavy (non-hydrogen) atoms. The summed E-state index contributed by atoms with van der Waals surface area (Å²) in [5.41, 5.74) is 3.80. The van der Waals surface area contributed by atoms with Gasteiger partial charge in [0, 0.05) is 25.2 Å². The highest BCUT2D eigenvalue weighted by Gasteiger charge is 2.23. The molecule has 3 nitrogen and oxygen atoms in total. The van der Waals surface area contributed by atoms with E-state index in [4.69, 9.17) is 4.98 Å². The van der Waals surface area contributed by atoms with Crippen molar-refractivity contribution in [3.63, 3.8) is 0 Å². The monoisotopic (exact) mass is 267 g/mol. The minimum Gasteiger partial charge on any atom is -0.312 e. The van der Waals surface area contributed by atoms with E-state index in [1.165, 1.54) is 20.8 Å². The summed E-state index contributed by atoms with van der Waals surface area (Å²) in [7, 11) is 0. The second kappa shape index (κ2) is 4.40. The molecule has 0 aliphatic carbocycles. The molecule has 1 aliphatic rings. The lowest BCUT2D eigenvalue weighted by Crippen LogP contribution is -2.28. The van der Waals surface area contributed by atoms with E-state index in [-0.39, 0.29) is 0 Å². The highest BCUT2D eigenvalue weighted by atomic mass is 32.1. The molecule has 4 rings (SSSR count). The Kier molecular flexibility index (Phi) is 2.57. The van der Waals surface area contributed by atoms with E-state index < -0.39 is 0 Å². The van der Waals surface area contributed by atoms with Crippen LogP contribution < -0.4 is 5.32 Å². The zero-order valence-electron chi connectivity index (χ0n) is 10.3. The normalized spacial score (nSPS) is 18.4. The Morgan fingerprint density at radius 1 is 1.21 bits per heavy atom. The van der Waals surface area contributed by atoms with Gasteiger partial charge >= 0.3 is 0 Å². The van der Waals surface area contributed by atoms with Gasteiger partial charge in [-0.3, -0.25) is 4.98 Å². The third-order valence-electron chi connectivity index (χ3n) is 3.60. The summed E-state index contributed by atoms with van der Waals surface area (Å²) in [5, 5.41) is 4.67. The Morgan fingerprint density at radius 3 is 3.11 bits per heavy atom. The highest BCUT2D eigenvalue weighted by Crippen LogP contribution is 2.34. The fourth-order valence-electron chi connectivity index (χ4n) is 2.66. The number of hydrogen-bond donors (Lipinski definition) is 1. The van der Waals surface area contributed by atoms with Crippen LogP contribution >= 0.6 is 11.3 Å². The van der Waals surface area contributed by atoms with Crippen LogP contribution in [0.3, 0.4) is 0 Å². The van der Waals surface area contributed by atoms with Gasteiger partial charge in [0.1, 0.15) is 5.01 Å². The SMILES string of the molecule is c1ccc2c(c1)CNCC2c1nc2cnccc2s1. The van der Waals surface area contributed by atoms with Crippen molar-refractivity contribution in [2.45, 2.75) is 12.5 Å². The molecule has 4 heteroatoms. The molecular weight excluding hydrogens is 254 g/mol. The number of nitrogens with zero attached hydrogens (tertiary/aromatic N) is 2. The van der Waals surface area contributed by atoms with Crippen molar-refractivity contribution in [2.75, 3.05) is 6.54 Å². The number of fused-ring (bicyclic) bond motifs is 2. The minimum absolute atomic E-state index is 0.363. The van der Waals surface area contributed by atoms with Gasteiger partial charge in [0.15, 0.2) is 0 Å². The van der Waals surface area contributed by atoms with Crippen LogP contribution in [0.1, 0.15) is 22.1 Å². The zero-order chi connectivity index (χ0) is 12.7. The average Bonchev–Trinajstić information content (AvgIpc) is 2.90. The van der Waals surface area contributed by atoms with Gasteiger partial charge in [-0.2, -0.15) is 0 Å². The van der Waals surface area contributed by atoms with Crippen LogP contribution in [0.2, 0.25) is 0 Å². The van der Waals surface area contributed by atoms with Crippen molar-refractivity contribution < 1.29 is 0 Å². The van der Waals surface area contributed by atoms with Crippen LogP contribution in [0.25, 0.3) is 10.2 Å². The van der Waals surface area contributed by atoms with Gasteiger partial charge in [-0.05, 0) is 17.2 Å². The smallest absolute Gasteiger partial charge is 0.103 e. The third kappa shape index (κ3) is 1.84. The molecule has 94 valence electrons. The molecule has 0 saturated heterocycles. The quantitative estimate of drug-likeness (QED) is 0.736. The highest BCUT2D eigenvalue weighted by molar-refractivity contribution is 7.18. The zero-order valence-corrected chi connectivity index (χ0v) is 11.2. The molecular formula is C15H13N3S. The van der Waals surface area contributed by atoms with E-state index in [1.54, 1.807) is 11.3 Å². The van der Waals surface area contributed by atoms with Crippen LogP contribution in [0.15, 0.2) is 42.7 Å². The molecule has 0 spiro atoms. The molecule has 1 N–H and O–H groups in total. The standard InChI is InChI=1S/C15H13N3S/c1-2-4-11-10(3-1)7-17-8-12(11)15-18-13-9-16-6-5-14(13)19-15/h1-6,9,12,17H,7-8H2. The first kappa shape index (κ1) is 11.1. The van der Waals surface area contributed by atoms with Gasteiger partial charge in [-0.1, -0.05) is 24.3 Å². The molecule has 1 aromatic carbocycles. The van der Waals surface area contributed by atoms with Gasteiger partial charge in [0.2, 0.25) is 0 Å². The molecule has 0 bridgehead atoms. The largest absolute Gasteiger partial charge is 0.312 e. The Balaban J connectivity index is 1.85. The summed E-state index contributed by atoms with van der Waals surface area (Å²) in [6.07, 6.45) is 3.68. The molecule has 0 radical (unpaired) electrons. The Morgan fingerprint density at radius 2 is 2.16 bits per heavy atom. The van der Waals surface area contributed by atoms with Crippen molar-refractivity contribution in [1.82, 2.24) is 15.3 Å². The number of pyridine rings is 1.